The second kappa shape index (κ2) is 5.30. The van der Waals surface area contributed by atoms with Gasteiger partial charge in [-0.25, -0.2) is 0 Å². The van der Waals surface area contributed by atoms with Crippen molar-refractivity contribution in [1.82, 2.24) is 5.32 Å². The molecular formula is C12H16N2O2S. The van der Waals surface area contributed by atoms with Crippen molar-refractivity contribution in [3.63, 3.8) is 0 Å². The molecule has 0 aliphatic carbocycles. The molecule has 0 bridgehead atoms. The monoisotopic (exact) mass is 252 g/mol. The van der Waals surface area contributed by atoms with Gasteiger partial charge in [0.1, 0.15) is 10.9 Å². The molecule has 0 spiro atoms. The molecular weight excluding hydrogens is 236 g/mol. The molecule has 0 aromatic carbocycles. The zero-order chi connectivity index (χ0) is 13.1. The Morgan fingerprint density at radius 3 is 2.88 bits per heavy atom. The molecule has 1 atom stereocenters. The number of hydrogen-bond donors (Lipinski definition) is 2. The van der Waals surface area contributed by atoms with Crippen molar-refractivity contribution in [3.8, 4) is 6.07 Å². The normalized spacial score (nSPS) is 14.1. The third kappa shape index (κ3) is 3.29. The van der Waals surface area contributed by atoms with Gasteiger partial charge in [-0.2, -0.15) is 5.26 Å². The Hall–Kier alpha value is -1.38. The fourth-order valence-electron chi connectivity index (χ4n) is 1.12. The predicted octanol–water partition coefficient (Wildman–Crippen LogP) is 1.76. The molecule has 4 nitrogen and oxygen atoms in total. The van der Waals surface area contributed by atoms with Crippen LogP contribution in [-0.2, 0) is 0 Å². The van der Waals surface area contributed by atoms with Gasteiger partial charge in [0.25, 0.3) is 5.91 Å². The molecule has 0 aliphatic heterocycles. The first-order valence-electron chi connectivity index (χ1n) is 5.36. The fraction of sp³-hybridized carbons (Fsp3) is 0.500. The van der Waals surface area contributed by atoms with E-state index in [-0.39, 0.29) is 18.4 Å². The molecule has 1 unspecified atom stereocenters. The van der Waals surface area contributed by atoms with Gasteiger partial charge in [0.05, 0.1) is 11.2 Å². The lowest BCUT2D eigenvalue weighted by Crippen LogP contribution is -2.44. The maximum atomic E-state index is 11.8. The first-order chi connectivity index (χ1) is 7.88. The SMILES string of the molecule is CC(C)C(C)(O)CNC(=O)c1sccc1C#N. The standard InChI is InChI=1S/C12H16N2O2S/c1-8(2)12(3,16)7-14-11(15)10-9(6-13)4-5-17-10/h4-5,8,16H,7H2,1-3H3,(H,14,15). The Morgan fingerprint density at radius 2 is 2.35 bits per heavy atom. The minimum atomic E-state index is -0.945. The van der Waals surface area contributed by atoms with E-state index in [1.54, 1.807) is 18.4 Å². The van der Waals surface area contributed by atoms with E-state index < -0.39 is 5.60 Å². The van der Waals surface area contributed by atoms with Crippen molar-refractivity contribution >= 4 is 17.2 Å². The number of hydrogen-bond acceptors (Lipinski definition) is 4. The Balaban J connectivity index is 2.66. The van der Waals surface area contributed by atoms with Crippen LogP contribution in [0.4, 0.5) is 0 Å². The molecule has 0 saturated heterocycles. The second-order valence-electron chi connectivity index (χ2n) is 4.47. The molecule has 0 fully saturated rings. The highest BCUT2D eigenvalue weighted by atomic mass is 32.1. The lowest BCUT2D eigenvalue weighted by molar-refractivity contribution is 0.0143. The summed E-state index contributed by atoms with van der Waals surface area (Å²) in [4.78, 5) is 12.2. The summed E-state index contributed by atoms with van der Waals surface area (Å²) in [5, 5.41) is 23.1. The topological polar surface area (TPSA) is 73.1 Å². The van der Waals surface area contributed by atoms with E-state index in [1.807, 2.05) is 19.9 Å². The number of carbonyl (C=O) groups excluding carboxylic acids is 1. The van der Waals surface area contributed by atoms with Gasteiger partial charge in [0, 0.05) is 6.54 Å². The number of carbonyl (C=O) groups is 1. The number of nitrogens with one attached hydrogen (secondary N) is 1. The number of nitriles is 1. The molecule has 2 N–H and O–H groups in total. The molecule has 0 aliphatic rings. The Morgan fingerprint density at radius 1 is 1.71 bits per heavy atom. The zero-order valence-corrected chi connectivity index (χ0v) is 11.0. The van der Waals surface area contributed by atoms with Gasteiger partial charge in [-0.05, 0) is 24.3 Å². The molecule has 5 heteroatoms. The highest BCUT2D eigenvalue weighted by Gasteiger charge is 2.26. The summed E-state index contributed by atoms with van der Waals surface area (Å²) in [7, 11) is 0. The van der Waals surface area contributed by atoms with Crippen molar-refractivity contribution in [2.24, 2.45) is 5.92 Å². The van der Waals surface area contributed by atoms with Gasteiger partial charge in [0.2, 0.25) is 0 Å². The van der Waals surface area contributed by atoms with Crippen LogP contribution in [0.5, 0.6) is 0 Å². The van der Waals surface area contributed by atoms with E-state index in [9.17, 15) is 9.90 Å². The van der Waals surface area contributed by atoms with Gasteiger partial charge in [-0.1, -0.05) is 13.8 Å². The largest absolute Gasteiger partial charge is 0.388 e. The average Bonchev–Trinajstić information content (AvgIpc) is 2.73. The smallest absolute Gasteiger partial charge is 0.262 e. The molecule has 17 heavy (non-hydrogen) atoms. The summed E-state index contributed by atoms with van der Waals surface area (Å²) < 4.78 is 0. The number of thiophene rings is 1. The Labute approximate surface area is 105 Å². The molecule has 1 amide bonds. The van der Waals surface area contributed by atoms with Crippen molar-refractivity contribution < 1.29 is 9.90 Å². The third-order valence-electron chi connectivity index (χ3n) is 2.84. The molecule has 92 valence electrons. The van der Waals surface area contributed by atoms with Crippen LogP contribution in [0.3, 0.4) is 0 Å². The quantitative estimate of drug-likeness (QED) is 0.857. The number of aliphatic hydroxyl groups is 1. The molecule has 0 saturated carbocycles. The van der Waals surface area contributed by atoms with Crippen molar-refractivity contribution in [1.29, 1.82) is 5.26 Å². The van der Waals surface area contributed by atoms with Crippen LogP contribution in [0.15, 0.2) is 11.4 Å². The summed E-state index contributed by atoms with van der Waals surface area (Å²) in [6.45, 7) is 5.62. The first-order valence-corrected chi connectivity index (χ1v) is 6.24. The van der Waals surface area contributed by atoms with Gasteiger partial charge in [-0.3, -0.25) is 4.79 Å². The minimum Gasteiger partial charge on any atom is -0.388 e. The van der Waals surface area contributed by atoms with E-state index in [2.05, 4.69) is 5.32 Å². The fourth-order valence-corrected chi connectivity index (χ4v) is 1.88. The van der Waals surface area contributed by atoms with Gasteiger partial charge < -0.3 is 10.4 Å². The van der Waals surface area contributed by atoms with E-state index >= 15 is 0 Å². The van der Waals surface area contributed by atoms with E-state index in [0.717, 1.165) is 0 Å². The molecule has 1 rings (SSSR count). The van der Waals surface area contributed by atoms with Crippen LogP contribution in [0, 0.1) is 17.2 Å². The molecule has 1 heterocycles. The summed E-state index contributed by atoms with van der Waals surface area (Å²) in [6.07, 6.45) is 0. The van der Waals surface area contributed by atoms with E-state index in [1.165, 1.54) is 11.3 Å². The van der Waals surface area contributed by atoms with E-state index in [4.69, 9.17) is 5.26 Å². The number of rotatable bonds is 4. The van der Waals surface area contributed by atoms with Crippen LogP contribution in [0.2, 0.25) is 0 Å². The van der Waals surface area contributed by atoms with Crippen molar-refractivity contribution in [2.75, 3.05) is 6.54 Å². The van der Waals surface area contributed by atoms with Gasteiger partial charge >= 0.3 is 0 Å². The predicted molar refractivity (Wildman–Crippen MR) is 66.8 cm³/mol. The van der Waals surface area contributed by atoms with Crippen LogP contribution in [-0.4, -0.2) is 23.2 Å². The lowest BCUT2D eigenvalue weighted by atomic mass is 9.92. The maximum Gasteiger partial charge on any atom is 0.262 e. The summed E-state index contributed by atoms with van der Waals surface area (Å²) in [5.41, 5.74) is -0.573. The van der Waals surface area contributed by atoms with Crippen molar-refractivity contribution in [2.45, 2.75) is 26.4 Å². The van der Waals surface area contributed by atoms with Crippen LogP contribution in [0.1, 0.15) is 36.0 Å². The highest BCUT2D eigenvalue weighted by Crippen LogP contribution is 2.17. The first kappa shape index (κ1) is 13.7. The van der Waals surface area contributed by atoms with E-state index in [0.29, 0.717) is 10.4 Å². The maximum absolute atomic E-state index is 11.8. The second-order valence-corrected chi connectivity index (χ2v) is 5.39. The van der Waals surface area contributed by atoms with Gasteiger partial charge in [-0.15, -0.1) is 11.3 Å². The summed E-state index contributed by atoms with van der Waals surface area (Å²) >= 11 is 1.23. The van der Waals surface area contributed by atoms with Crippen LogP contribution in [0.25, 0.3) is 0 Å². The lowest BCUT2D eigenvalue weighted by Gasteiger charge is -2.27. The van der Waals surface area contributed by atoms with Crippen LogP contribution >= 0.6 is 11.3 Å². The number of amides is 1. The van der Waals surface area contributed by atoms with Gasteiger partial charge in [0.15, 0.2) is 0 Å². The zero-order valence-electron chi connectivity index (χ0n) is 10.2. The number of nitrogens with zero attached hydrogens (tertiary/aromatic N) is 1. The highest BCUT2D eigenvalue weighted by molar-refractivity contribution is 7.12. The Kier molecular flexibility index (Phi) is 4.27. The van der Waals surface area contributed by atoms with Crippen molar-refractivity contribution in [3.05, 3.63) is 21.9 Å². The average molecular weight is 252 g/mol. The minimum absolute atomic E-state index is 0.0431. The third-order valence-corrected chi connectivity index (χ3v) is 3.76. The molecule has 1 aromatic heterocycles. The Bertz CT molecular complexity index is 444. The van der Waals surface area contributed by atoms with Crippen LogP contribution < -0.4 is 5.32 Å². The summed E-state index contributed by atoms with van der Waals surface area (Å²) in [6, 6.07) is 3.57. The summed E-state index contributed by atoms with van der Waals surface area (Å²) in [5.74, 6) is -0.265. The molecule has 1 aromatic rings. The molecule has 0 radical (unpaired) electrons.